The summed E-state index contributed by atoms with van der Waals surface area (Å²) in [5, 5.41) is 14.1. The fourth-order valence-corrected chi connectivity index (χ4v) is 2.37. The Kier molecular flexibility index (Phi) is 4.24. The molecule has 0 spiro atoms. The van der Waals surface area contributed by atoms with Gasteiger partial charge in [0.15, 0.2) is 0 Å². The van der Waals surface area contributed by atoms with E-state index in [-0.39, 0.29) is 23.9 Å². The molecule has 2 rings (SSSR count). The van der Waals surface area contributed by atoms with Gasteiger partial charge in [-0.2, -0.15) is 0 Å². The number of benzene rings is 1. The Bertz CT molecular complexity index is 481. The number of non-ortho nitro benzene ring substituents is 1. The third kappa shape index (κ3) is 2.97. The van der Waals surface area contributed by atoms with Crippen molar-refractivity contribution in [2.45, 2.75) is 31.5 Å². The predicted octanol–water partition coefficient (Wildman–Crippen LogP) is 2.16. The van der Waals surface area contributed by atoms with E-state index in [0.29, 0.717) is 17.3 Å². The van der Waals surface area contributed by atoms with Crippen LogP contribution in [-0.4, -0.2) is 29.7 Å². The lowest BCUT2D eigenvalue weighted by Crippen LogP contribution is -2.60. The zero-order chi connectivity index (χ0) is 14.0. The van der Waals surface area contributed by atoms with E-state index in [1.165, 1.54) is 12.1 Å². The van der Waals surface area contributed by atoms with Crippen LogP contribution >= 0.6 is 11.6 Å². The van der Waals surface area contributed by atoms with Gasteiger partial charge in [-0.25, -0.2) is 0 Å². The number of nitro groups is 1. The van der Waals surface area contributed by atoms with Crippen molar-refractivity contribution in [2.75, 3.05) is 11.9 Å². The maximum atomic E-state index is 10.6. The lowest BCUT2D eigenvalue weighted by atomic mass is 9.83. The summed E-state index contributed by atoms with van der Waals surface area (Å²) in [4.78, 5) is 10.2. The topological polar surface area (TPSA) is 90.4 Å². The van der Waals surface area contributed by atoms with E-state index in [0.717, 1.165) is 6.42 Å². The number of nitrogens with zero attached hydrogens (tertiary/aromatic N) is 1. The quantitative estimate of drug-likeness (QED) is 0.639. The first-order valence-electron chi connectivity index (χ1n) is 6.10. The third-order valence-corrected chi connectivity index (χ3v) is 3.55. The minimum atomic E-state index is -0.478. The molecule has 0 saturated heterocycles. The number of halogens is 1. The zero-order valence-electron chi connectivity index (χ0n) is 10.5. The predicted molar refractivity (Wildman–Crippen MR) is 73.5 cm³/mol. The van der Waals surface area contributed by atoms with Gasteiger partial charge in [0.1, 0.15) is 0 Å². The summed E-state index contributed by atoms with van der Waals surface area (Å²) in [5.41, 5.74) is 6.53. The van der Waals surface area contributed by atoms with Crippen LogP contribution in [0.1, 0.15) is 13.3 Å². The third-order valence-electron chi connectivity index (χ3n) is 3.23. The van der Waals surface area contributed by atoms with Crippen LogP contribution in [0.5, 0.6) is 0 Å². The lowest BCUT2D eigenvalue weighted by molar-refractivity contribution is -0.384. The molecule has 1 fully saturated rings. The zero-order valence-corrected chi connectivity index (χ0v) is 11.3. The molecule has 0 bridgehead atoms. The maximum Gasteiger partial charge on any atom is 0.271 e. The highest BCUT2D eigenvalue weighted by Crippen LogP contribution is 2.31. The highest BCUT2D eigenvalue weighted by Gasteiger charge is 2.39. The van der Waals surface area contributed by atoms with E-state index >= 15 is 0 Å². The molecule has 1 saturated carbocycles. The normalized spacial score (nSPS) is 25.7. The molecule has 3 atom stereocenters. The van der Waals surface area contributed by atoms with Crippen LogP contribution in [-0.2, 0) is 4.74 Å². The van der Waals surface area contributed by atoms with Crippen LogP contribution in [0.2, 0.25) is 5.02 Å². The Labute approximate surface area is 116 Å². The smallest absolute Gasteiger partial charge is 0.271 e. The van der Waals surface area contributed by atoms with Crippen molar-refractivity contribution in [3.63, 3.8) is 0 Å². The number of ether oxygens (including phenoxy) is 1. The number of rotatable bonds is 5. The Hall–Kier alpha value is -1.37. The number of nitrogens with one attached hydrogen (secondary N) is 1. The maximum absolute atomic E-state index is 10.6. The van der Waals surface area contributed by atoms with Crippen LogP contribution in [0, 0.1) is 10.1 Å². The van der Waals surface area contributed by atoms with Crippen molar-refractivity contribution in [1.82, 2.24) is 0 Å². The van der Waals surface area contributed by atoms with Gasteiger partial charge in [-0.1, -0.05) is 11.6 Å². The molecule has 1 aromatic rings. The van der Waals surface area contributed by atoms with E-state index in [1.807, 2.05) is 6.92 Å². The van der Waals surface area contributed by atoms with Gasteiger partial charge in [0.2, 0.25) is 0 Å². The number of hydrogen-bond donors (Lipinski definition) is 2. The van der Waals surface area contributed by atoms with Crippen molar-refractivity contribution >= 4 is 23.0 Å². The molecule has 6 nitrogen and oxygen atoms in total. The standard InChI is InChI=1S/C12H16ClN3O3/c1-2-19-11-6-9(14)12(11)15-10-4-3-7(16(17)18)5-8(10)13/h3-5,9,11-12,15H,2,6,14H2,1H3. The van der Waals surface area contributed by atoms with E-state index in [2.05, 4.69) is 5.32 Å². The SMILES string of the molecule is CCOC1CC(N)C1Nc1ccc([N+](=O)[O-])cc1Cl. The lowest BCUT2D eigenvalue weighted by Gasteiger charge is -2.43. The van der Waals surface area contributed by atoms with Gasteiger partial charge < -0.3 is 15.8 Å². The number of hydrogen-bond acceptors (Lipinski definition) is 5. The Morgan fingerprint density at radius 2 is 2.37 bits per heavy atom. The molecule has 104 valence electrons. The summed E-state index contributed by atoms with van der Waals surface area (Å²) in [6.07, 6.45) is 0.863. The molecule has 0 aromatic heterocycles. The summed E-state index contributed by atoms with van der Waals surface area (Å²) >= 11 is 6.02. The molecule has 0 aliphatic heterocycles. The molecule has 0 amide bonds. The van der Waals surface area contributed by atoms with E-state index in [4.69, 9.17) is 22.1 Å². The van der Waals surface area contributed by atoms with Crippen molar-refractivity contribution in [1.29, 1.82) is 0 Å². The average molecular weight is 286 g/mol. The van der Waals surface area contributed by atoms with Gasteiger partial charge >= 0.3 is 0 Å². The van der Waals surface area contributed by atoms with Gasteiger partial charge in [0.05, 0.1) is 27.8 Å². The van der Waals surface area contributed by atoms with Crippen LogP contribution in [0.4, 0.5) is 11.4 Å². The van der Waals surface area contributed by atoms with Gasteiger partial charge in [0, 0.05) is 24.8 Å². The highest BCUT2D eigenvalue weighted by atomic mass is 35.5. The van der Waals surface area contributed by atoms with E-state index in [9.17, 15) is 10.1 Å². The highest BCUT2D eigenvalue weighted by molar-refractivity contribution is 6.33. The Morgan fingerprint density at radius 3 is 2.89 bits per heavy atom. The molecule has 0 heterocycles. The number of anilines is 1. The first-order chi connectivity index (χ1) is 9.02. The second-order valence-corrected chi connectivity index (χ2v) is 4.89. The number of nitro benzene ring substituents is 1. The van der Waals surface area contributed by atoms with Gasteiger partial charge in [0.25, 0.3) is 5.69 Å². The fourth-order valence-electron chi connectivity index (χ4n) is 2.14. The number of nitrogens with two attached hydrogens (primary N) is 1. The first kappa shape index (κ1) is 14.0. The average Bonchev–Trinajstić information content (AvgIpc) is 2.36. The Balaban J connectivity index is 2.08. The van der Waals surface area contributed by atoms with Crippen LogP contribution in [0.15, 0.2) is 18.2 Å². The van der Waals surface area contributed by atoms with Gasteiger partial charge in [-0.05, 0) is 19.4 Å². The largest absolute Gasteiger partial charge is 0.377 e. The van der Waals surface area contributed by atoms with Crippen molar-refractivity contribution in [2.24, 2.45) is 5.73 Å². The Morgan fingerprint density at radius 1 is 1.63 bits per heavy atom. The second kappa shape index (κ2) is 5.73. The van der Waals surface area contributed by atoms with Crippen molar-refractivity contribution < 1.29 is 9.66 Å². The molecular weight excluding hydrogens is 270 g/mol. The van der Waals surface area contributed by atoms with Gasteiger partial charge in [-0.3, -0.25) is 10.1 Å². The van der Waals surface area contributed by atoms with E-state index in [1.54, 1.807) is 6.07 Å². The minimum Gasteiger partial charge on any atom is -0.377 e. The minimum absolute atomic E-state index is 0.00260. The van der Waals surface area contributed by atoms with Crippen molar-refractivity contribution in [3.8, 4) is 0 Å². The molecule has 1 aliphatic rings. The molecule has 19 heavy (non-hydrogen) atoms. The summed E-state index contributed by atoms with van der Waals surface area (Å²) in [5.74, 6) is 0. The summed E-state index contributed by atoms with van der Waals surface area (Å²) < 4.78 is 5.54. The molecule has 1 aromatic carbocycles. The van der Waals surface area contributed by atoms with E-state index < -0.39 is 4.92 Å². The molecule has 3 unspecified atom stereocenters. The van der Waals surface area contributed by atoms with Crippen molar-refractivity contribution in [3.05, 3.63) is 33.3 Å². The molecular formula is C12H16ClN3O3. The monoisotopic (exact) mass is 285 g/mol. The van der Waals surface area contributed by atoms with Crippen LogP contribution in [0.25, 0.3) is 0 Å². The first-order valence-corrected chi connectivity index (χ1v) is 6.48. The summed E-state index contributed by atoms with van der Waals surface area (Å²) in [6, 6.07) is 4.31. The van der Waals surface area contributed by atoms with Crippen LogP contribution < -0.4 is 11.1 Å². The van der Waals surface area contributed by atoms with Crippen LogP contribution in [0.3, 0.4) is 0 Å². The molecule has 1 aliphatic carbocycles. The molecule has 3 N–H and O–H groups in total. The fraction of sp³-hybridized carbons (Fsp3) is 0.500. The second-order valence-electron chi connectivity index (χ2n) is 4.48. The summed E-state index contributed by atoms with van der Waals surface area (Å²) in [7, 11) is 0. The summed E-state index contributed by atoms with van der Waals surface area (Å²) in [6.45, 7) is 2.56. The molecule has 0 radical (unpaired) electrons. The molecule has 7 heteroatoms. The van der Waals surface area contributed by atoms with Gasteiger partial charge in [-0.15, -0.1) is 0 Å².